The van der Waals surface area contributed by atoms with Crippen molar-refractivity contribution in [2.45, 2.75) is 39.7 Å². The largest absolute Gasteiger partial charge is 0.393 e. The second-order valence-electron chi connectivity index (χ2n) is 6.22. The number of piperidine rings is 1. The Hall–Kier alpha value is -1.39. The number of carbonyl (C=O) groups is 1. The molecule has 0 aromatic heterocycles. The molecule has 2 rings (SSSR count). The third-order valence-electron chi connectivity index (χ3n) is 4.35. The van der Waals surface area contributed by atoms with Crippen molar-refractivity contribution in [3.8, 4) is 0 Å². The van der Waals surface area contributed by atoms with Crippen molar-refractivity contribution in [2.75, 3.05) is 25.0 Å². The Labute approximate surface area is 127 Å². The Balaban J connectivity index is 1.84. The van der Waals surface area contributed by atoms with Crippen molar-refractivity contribution in [2.24, 2.45) is 5.92 Å². The first kappa shape index (κ1) is 16.0. The van der Waals surface area contributed by atoms with Crippen molar-refractivity contribution in [1.29, 1.82) is 0 Å². The lowest BCUT2D eigenvalue weighted by atomic mass is 9.92. The minimum atomic E-state index is -0.240. The van der Waals surface area contributed by atoms with Crippen LogP contribution in [0.25, 0.3) is 0 Å². The summed E-state index contributed by atoms with van der Waals surface area (Å²) in [4.78, 5) is 14.3. The highest BCUT2D eigenvalue weighted by Gasteiger charge is 2.23. The molecule has 0 bridgehead atoms. The molecule has 1 fully saturated rings. The molecule has 1 amide bonds. The molecule has 0 aliphatic carbocycles. The number of rotatable bonds is 4. The van der Waals surface area contributed by atoms with Crippen LogP contribution >= 0.6 is 0 Å². The van der Waals surface area contributed by atoms with E-state index in [1.54, 1.807) is 0 Å². The summed E-state index contributed by atoms with van der Waals surface area (Å²) in [5.74, 6) is 0.419. The number of aliphatic hydroxyl groups is 1. The van der Waals surface area contributed by atoms with Gasteiger partial charge in [-0.15, -0.1) is 0 Å². The van der Waals surface area contributed by atoms with E-state index in [0.29, 0.717) is 12.5 Å². The number of hydrogen-bond donors (Lipinski definition) is 2. The topological polar surface area (TPSA) is 52.6 Å². The molecule has 21 heavy (non-hydrogen) atoms. The average Bonchev–Trinajstić information content (AvgIpc) is 2.43. The van der Waals surface area contributed by atoms with E-state index in [-0.39, 0.29) is 12.0 Å². The van der Waals surface area contributed by atoms with Crippen LogP contribution in [0.2, 0.25) is 0 Å². The summed E-state index contributed by atoms with van der Waals surface area (Å²) in [5.41, 5.74) is 3.13. The van der Waals surface area contributed by atoms with E-state index in [1.807, 2.05) is 39.0 Å². The van der Waals surface area contributed by atoms with Crippen LogP contribution in [0.15, 0.2) is 18.2 Å². The van der Waals surface area contributed by atoms with E-state index in [0.717, 1.165) is 42.7 Å². The molecule has 1 aliphatic rings. The van der Waals surface area contributed by atoms with Gasteiger partial charge in [-0.3, -0.25) is 9.69 Å². The van der Waals surface area contributed by atoms with Crippen LogP contribution in [0, 0.1) is 19.8 Å². The highest BCUT2D eigenvalue weighted by Crippen LogP contribution is 2.21. The van der Waals surface area contributed by atoms with E-state index in [9.17, 15) is 9.90 Å². The molecule has 2 N–H and O–H groups in total. The first-order valence-electron chi connectivity index (χ1n) is 7.73. The number of nitrogens with zero attached hydrogens (tertiary/aromatic N) is 1. The first-order chi connectivity index (χ1) is 9.95. The van der Waals surface area contributed by atoms with Crippen LogP contribution < -0.4 is 5.32 Å². The Bertz CT molecular complexity index is 492. The molecule has 0 saturated carbocycles. The maximum Gasteiger partial charge on any atom is 0.238 e. The minimum Gasteiger partial charge on any atom is -0.393 e. The van der Waals surface area contributed by atoms with Crippen LogP contribution in [0.3, 0.4) is 0 Å². The fraction of sp³-hybridized carbons (Fsp3) is 0.588. The predicted molar refractivity (Wildman–Crippen MR) is 85.4 cm³/mol. The summed E-state index contributed by atoms with van der Waals surface area (Å²) in [5, 5.41) is 12.6. The van der Waals surface area contributed by atoms with Gasteiger partial charge in [-0.2, -0.15) is 0 Å². The summed E-state index contributed by atoms with van der Waals surface area (Å²) in [6, 6.07) is 6.08. The van der Waals surface area contributed by atoms with Gasteiger partial charge in [0.25, 0.3) is 0 Å². The fourth-order valence-corrected chi connectivity index (χ4v) is 2.86. The van der Waals surface area contributed by atoms with Gasteiger partial charge in [0.05, 0.1) is 12.6 Å². The zero-order valence-corrected chi connectivity index (χ0v) is 13.2. The molecule has 4 heteroatoms. The van der Waals surface area contributed by atoms with Gasteiger partial charge in [0.1, 0.15) is 0 Å². The molecule has 0 radical (unpaired) electrons. The van der Waals surface area contributed by atoms with E-state index in [2.05, 4.69) is 10.2 Å². The van der Waals surface area contributed by atoms with Crippen molar-refractivity contribution >= 4 is 11.6 Å². The molecule has 1 aromatic rings. The predicted octanol–water partition coefficient (Wildman–Crippen LogP) is 2.33. The van der Waals surface area contributed by atoms with Gasteiger partial charge in [0, 0.05) is 5.69 Å². The van der Waals surface area contributed by atoms with E-state index >= 15 is 0 Å². The number of aryl methyl sites for hydroxylation is 2. The molecule has 1 saturated heterocycles. The van der Waals surface area contributed by atoms with E-state index < -0.39 is 0 Å². The smallest absolute Gasteiger partial charge is 0.238 e. The van der Waals surface area contributed by atoms with Crippen LogP contribution in [0.4, 0.5) is 5.69 Å². The third-order valence-corrected chi connectivity index (χ3v) is 4.35. The van der Waals surface area contributed by atoms with Gasteiger partial charge in [-0.05, 0) is 69.8 Å². The van der Waals surface area contributed by atoms with Crippen molar-refractivity contribution in [1.82, 2.24) is 4.90 Å². The summed E-state index contributed by atoms with van der Waals surface area (Å²) in [6.45, 7) is 8.08. The van der Waals surface area contributed by atoms with Crippen molar-refractivity contribution in [3.63, 3.8) is 0 Å². The molecule has 1 aromatic carbocycles. The number of likely N-dealkylation sites (tertiary alicyclic amines) is 1. The zero-order valence-electron chi connectivity index (χ0n) is 13.2. The molecular formula is C17H26N2O2. The summed E-state index contributed by atoms with van der Waals surface area (Å²) in [7, 11) is 0. The molecule has 1 aliphatic heterocycles. The van der Waals surface area contributed by atoms with Crippen molar-refractivity contribution in [3.05, 3.63) is 29.3 Å². The molecule has 0 spiro atoms. The van der Waals surface area contributed by atoms with Crippen LogP contribution in [0.5, 0.6) is 0 Å². The number of amides is 1. The maximum atomic E-state index is 12.2. The highest BCUT2D eigenvalue weighted by molar-refractivity contribution is 5.93. The lowest BCUT2D eigenvalue weighted by Crippen LogP contribution is -2.41. The van der Waals surface area contributed by atoms with Gasteiger partial charge in [0.2, 0.25) is 5.91 Å². The molecular weight excluding hydrogens is 264 g/mol. The van der Waals surface area contributed by atoms with E-state index in [4.69, 9.17) is 0 Å². The fourth-order valence-electron chi connectivity index (χ4n) is 2.86. The second kappa shape index (κ2) is 7.05. The SMILES string of the molecule is Cc1ccc(C)c(NC(=O)CN2CCC(C(C)O)CC2)c1. The molecule has 1 atom stereocenters. The number of carbonyl (C=O) groups excluding carboxylic acids is 1. The van der Waals surface area contributed by atoms with Crippen molar-refractivity contribution < 1.29 is 9.90 Å². The van der Waals surface area contributed by atoms with Crippen LogP contribution in [-0.4, -0.2) is 41.7 Å². The summed E-state index contributed by atoms with van der Waals surface area (Å²) >= 11 is 0. The standard InChI is InChI=1S/C17H26N2O2/c1-12-4-5-13(2)16(10-12)18-17(21)11-19-8-6-15(7-9-19)14(3)20/h4-5,10,14-15,20H,6-9,11H2,1-3H3,(H,18,21). The Morgan fingerprint density at radius 3 is 2.67 bits per heavy atom. The Morgan fingerprint density at radius 2 is 2.05 bits per heavy atom. The monoisotopic (exact) mass is 290 g/mol. The number of hydrogen-bond acceptors (Lipinski definition) is 3. The number of aliphatic hydroxyl groups excluding tert-OH is 1. The van der Waals surface area contributed by atoms with Crippen LogP contribution in [-0.2, 0) is 4.79 Å². The van der Waals surface area contributed by atoms with Gasteiger partial charge in [0.15, 0.2) is 0 Å². The van der Waals surface area contributed by atoms with Gasteiger partial charge in [-0.1, -0.05) is 12.1 Å². The number of benzene rings is 1. The Morgan fingerprint density at radius 1 is 1.38 bits per heavy atom. The maximum absolute atomic E-state index is 12.2. The van der Waals surface area contributed by atoms with Gasteiger partial charge in [-0.25, -0.2) is 0 Å². The number of nitrogens with one attached hydrogen (secondary N) is 1. The zero-order chi connectivity index (χ0) is 15.4. The van der Waals surface area contributed by atoms with E-state index in [1.165, 1.54) is 0 Å². The quantitative estimate of drug-likeness (QED) is 0.895. The molecule has 1 unspecified atom stereocenters. The summed E-state index contributed by atoms with van der Waals surface area (Å²) < 4.78 is 0. The van der Waals surface area contributed by atoms with Gasteiger partial charge >= 0.3 is 0 Å². The minimum absolute atomic E-state index is 0.0409. The first-order valence-corrected chi connectivity index (χ1v) is 7.73. The van der Waals surface area contributed by atoms with Crippen LogP contribution in [0.1, 0.15) is 30.9 Å². The average molecular weight is 290 g/mol. The van der Waals surface area contributed by atoms with Gasteiger partial charge < -0.3 is 10.4 Å². The molecule has 1 heterocycles. The lowest BCUT2D eigenvalue weighted by molar-refractivity contribution is -0.117. The second-order valence-corrected chi connectivity index (χ2v) is 6.22. The highest BCUT2D eigenvalue weighted by atomic mass is 16.3. The molecule has 116 valence electrons. The normalized spacial score (nSPS) is 18.5. The Kier molecular flexibility index (Phi) is 5.37. The number of anilines is 1. The lowest BCUT2D eigenvalue weighted by Gasteiger charge is -2.32. The summed E-state index contributed by atoms with van der Waals surface area (Å²) in [6.07, 6.45) is 1.69. The molecule has 4 nitrogen and oxygen atoms in total. The third kappa shape index (κ3) is 4.55.